The molecule has 1 aromatic heterocycles. The average Bonchev–Trinajstić information content (AvgIpc) is 2.72. The average molecular weight is 187 g/mol. The van der Waals surface area contributed by atoms with Gasteiger partial charge >= 0.3 is 0 Å². The Hall–Kier alpha value is -1.61. The molecule has 1 atom stereocenters. The number of H-pyrrole nitrogens is 1. The molecular formula is C11H11N2O. The molecule has 0 bridgehead atoms. The molecule has 71 valence electrons. The number of rotatable bonds is 3. The van der Waals surface area contributed by atoms with Gasteiger partial charge in [0, 0.05) is 18.8 Å². The highest BCUT2D eigenvalue weighted by atomic mass is 16.3. The van der Waals surface area contributed by atoms with Crippen LogP contribution >= 0.6 is 0 Å². The minimum atomic E-state index is -0.799. The van der Waals surface area contributed by atoms with Crippen molar-refractivity contribution < 1.29 is 5.11 Å². The van der Waals surface area contributed by atoms with E-state index in [1.54, 1.807) is 12.4 Å². The molecule has 3 nitrogen and oxygen atoms in total. The summed E-state index contributed by atoms with van der Waals surface area (Å²) < 4.78 is 0. The van der Waals surface area contributed by atoms with Crippen molar-refractivity contribution in [2.45, 2.75) is 12.5 Å². The van der Waals surface area contributed by atoms with Crippen molar-refractivity contribution in [2.75, 3.05) is 0 Å². The Morgan fingerprint density at radius 2 is 2.07 bits per heavy atom. The fourth-order valence-corrected chi connectivity index (χ4v) is 1.38. The van der Waals surface area contributed by atoms with Crippen LogP contribution in [0.4, 0.5) is 0 Å². The third-order valence-electron chi connectivity index (χ3n) is 2.09. The number of benzene rings is 1. The molecule has 2 rings (SSSR count). The van der Waals surface area contributed by atoms with Crippen LogP contribution in [0.3, 0.4) is 0 Å². The summed E-state index contributed by atoms with van der Waals surface area (Å²) in [6, 6.07) is 9.71. The first kappa shape index (κ1) is 8.97. The fourth-order valence-electron chi connectivity index (χ4n) is 1.38. The molecule has 0 amide bonds. The summed E-state index contributed by atoms with van der Waals surface area (Å²) in [6.07, 6.45) is 2.96. The lowest BCUT2D eigenvalue weighted by Crippen LogP contribution is -2.01. The molecule has 14 heavy (non-hydrogen) atoms. The maximum Gasteiger partial charge on any atom is 0.154 e. The first-order valence-electron chi connectivity index (χ1n) is 4.55. The topological polar surface area (TPSA) is 48.6 Å². The quantitative estimate of drug-likeness (QED) is 0.786. The third kappa shape index (κ3) is 2.00. The van der Waals surface area contributed by atoms with Crippen LogP contribution < -0.4 is 0 Å². The molecule has 0 aliphatic heterocycles. The molecule has 1 heterocycles. The summed E-state index contributed by atoms with van der Waals surface area (Å²) in [5.74, 6) is 0.508. The molecule has 0 saturated carbocycles. The van der Waals surface area contributed by atoms with Gasteiger partial charge in [-0.2, -0.15) is 0 Å². The van der Waals surface area contributed by atoms with E-state index in [0.717, 1.165) is 5.56 Å². The highest BCUT2D eigenvalue weighted by molar-refractivity contribution is 5.16. The largest absolute Gasteiger partial charge is 0.346 e. The van der Waals surface area contributed by atoms with E-state index in [0.29, 0.717) is 12.2 Å². The van der Waals surface area contributed by atoms with Gasteiger partial charge in [0.05, 0.1) is 0 Å². The number of nitrogens with one attached hydrogen (secondary N) is 1. The van der Waals surface area contributed by atoms with Crippen LogP contribution in [0.5, 0.6) is 0 Å². The molecule has 2 aromatic rings. The van der Waals surface area contributed by atoms with Gasteiger partial charge in [0.25, 0.3) is 0 Å². The number of hydrogen-bond donors (Lipinski definition) is 1. The number of aromatic nitrogens is 2. The summed E-state index contributed by atoms with van der Waals surface area (Å²) in [5.41, 5.74) is 1.05. The highest BCUT2D eigenvalue weighted by Gasteiger charge is 2.11. The van der Waals surface area contributed by atoms with Gasteiger partial charge in [-0.05, 0) is 5.56 Å². The Labute approximate surface area is 82.4 Å². The Morgan fingerprint density at radius 1 is 1.29 bits per heavy atom. The monoisotopic (exact) mass is 187 g/mol. The lowest BCUT2D eigenvalue weighted by Gasteiger charge is -2.04. The van der Waals surface area contributed by atoms with E-state index in [4.69, 9.17) is 0 Å². The summed E-state index contributed by atoms with van der Waals surface area (Å²) >= 11 is 0. The van der Waals surface area contributed by atoms with Crippen LogP contribution in [-0.2, 0) is 11.5 Å². The van der Waals surface area contributed by atoms with E-state index in [1.165, 1.54) is 0 Å². The summed E-state index contributed by atoms with van der Waals surface area (Å²) in [7, 11) is 0. The van der Waals surface area contributed by atoms with Crippen LogP contribution in [-0.4, -0.2) is 9.97 Å². The maximum absolute atomic E-state index is 11.7. The van der Waals surface area contributed by atoms with Crippen molar-refractivity contribution >= 4 is 0 Å². The van der Waals surface area contributed by atoms with E-state index < -0.39 is 6.10 Å². The van der Waals surface area contributed by atoms with Gasteiger partial charge < -0.3 is 4.98 Å². The Balaban J connectivity index is 2.06. The van der Waals surface area contributed by atoms with Crippen molar-refractivity contribution in [3.8, 4) is 0 Å². The molecule has 0 aliphatic rings. The van der Waals surface area contributed by atoms with Crippen LogP contribution in [0.25, 0.3) is 0 Å². The second kappa shape index (κ2) is 4.07. The van der Waals surface area contributed by atoms with E-state index in [9.17, 15) is 5.11 Å². The fraction of sp³-hybridized carbons (Fsp3) is 0.182. The van der Waals surface area contributed by atoms with Gasteiger partial charge in [0.15, 0.2) is 6.10 Å². The molecule has 1 unspecified atom stereocenters. The zero-order valence-corrected chi connectivity index (χ0v) is 7.68. The minimum absolute atomic E-state index is 0.481. The Kier molecular flexibility index (Phi) is 2.60. The Morgan fingerprint density at radius 3 is 2.71 bits per heavy atom. The molecule has 0 aliphatic carbocycles. The highest BCUT2D eigenvalue weighted by Crippen LogP contribution is 2.14. The molecule has 3 heteroatoms. The van der Waals surface area contributed by atoms with Crippen LogP contribution in [0, 0.1) is 0 Å². The lowest BCUT2D eigenvalue weighted by molar-refractivity contribution is 0.0823. The number of nitrogens with zero attached hydrogens (tertiary/aromatic N) is 1. The summed E-state index contributed by atoms with van der Waals surface area (Å²) in [5, 5.41) is 11.7. The van der Waals surface area contributed by atoms with Crippen molar-refractivity contribution in [1.82, 2.24) is 9.97 Å². The van der Waals surface area contributed by atoms with E-state index in [-0.39, 0.29) is 0 Å². The van der Waals surface area contributed by atoms with E-state index in [1.807, 2.05) is 30.3 Å². The second-order valence-electron chi connectivity index (χ2n) is 3.15. The number of imidazole rings is 1. The number of aromatic amines is 1. The third-order valence-corrected chi connectivity index (χ3v) is 2.09. The first-order chi connectivity index (χ1) is 6.86. The number of hydrogen-bond acceptors (Lipinski definition) is 1. The zero-order valence-electron chi connectivity index (χ0n) is 7.68. The van der Waals surface area contributed by atoms with Gasteiger partial charge in [-0.3, -0.25) is 0 Å². The SMILES string of the molecule is [O]C(Cc1ccccc1)c1ncc[nH]1. The minimum Gasteiger partial charge on any atom is -0.346 e. The molecular weight excluding hydrogens is 176 g/mol. The van der Waals surface area contributed by atoms with Crippen LogP contribution in [0.15, 0.2) is 42.7 Å². The van der Waals surface area contributed by atoms with Crippen molar-refractivity contribution in [2.24, 2.45) is 0 Å². The van der Waals surface area contributed by atoms with Gasteiger partial charge in [0.1, 0.15) is 5.82 Å². The summed E-state index contributed by atoms with van der Waals surface area (Å²) in [4.78, 5) is 6.78. The predicted molar refractivity (Wildman–Crippen MR) is 52.2 cm³/mol. The molecule has 1 radical (unpaired) electrons. The zero-order chi connectivity index (χ0) is 9.80. The Bertz CT molecular complexity index is 369. The molecule has 1 N–H and O–H groups in total. The second-order valence-corrected chi connectivity index (χ2v) is 3.15. The molecule has 0 fully saturated rings. The van der Waals surface area contributed by atoms with Crippen LogP contribution in [0.1, 0.15) is 17.5 Å². The smallest absolute Gasteiger partial charge is 0.154 e. The molecule has 1 aromatic carbocycles. The van der Waals surface area contributed by atoms with Gasteiger partial charge in [0.2, 0.25) is 0 Å². The first-order valence-corrected chi connectivity index (χ1v) is 4.55. The molecule has 0 spiro atoms. The predicted octanol–water partition coefficient (Wildman–Crippen LogP) is 2.12. The summed E-state index contributed by atoms with van der Waals surface area (Å²) in [6.45, 7) is 0. The van der Waals surface area contributed by atoms with Gasteiger partial charge in [-0.1, -0.05) is 30.3 Å². The van der Waals surface area contributed by atoms with Gasteiger partial charge in [-0.15, -0.1) is 0 Å². The van der Waals surface area contributed by atoms with E-state index >= 15 is 0 Å². The van der Waals surface area contributed by atoms with Gasteiger partial charge in [-0.25, -0.2) is 10.1 Å². The lowest BCUT2D eigenvalue weighted by atomic mass is 10.1. The maximum atomic E-state index is 11.7. The normalized spacial score (nSPS) is 12.6. The van der Waals surface area contributed by atoms with Crippen molar-refractivity contribution in [3.63, 3.8) is 0 Å². The van der Waals surface area contributed by atoms with E-state index in [2.05, 4.69) is 9.97 Å². The van der Waals surface area contributed by atoms with Crippen LogP contribution in [0.2, 0.25) is 0 Å². The molecule has 0 saturated heterocycles. The standard InChI is InChI=1S/C11H11N2O/c14-10(11-12-6-7-13-11)8-9-4-2-1-3-5-9/h1-7,10H,8H2,(H,12,13). The van der Waals surface area contributed by atoms with Crippen molar-refractivity contribution in [1.29, 1.82) is 0 Å². The van der Waals surface area contributed by atoms with Crippen molar-refractivity contribution in [3.05, 3.63) is 54.1 Å².